The van der Waals surface area contributed by atoms with E-state index in [0.29, 0.717) is 11.1 Å². The second kappa shape index (κ2) is 8.99. The number of nitrogens with zero attached hydrogens (tertiary/aromatic N) is 3. The van der Waals surface area contributed by atoms with Crippen molar-refractivity contribution in [2.45, 2.75) is 19.0 Å². The lowest BCUT2D eigenvalue weighted by Gasteiger charge is -2.38. The number of benzene rings is 3. The maximum atomic E-state index is 12.8. The van der Waals surface area contributed by atoms with Gasteiger partial charge in [0.05, 0.1) is 0 Å². The number of carbonyl (C=O) groups is 1. The third-order valence-corrected chi connectivity index (χ3v) is 6.94. The van der Waals surface area contributed by atoms with E-state index in [4.69, 9.17) is 11.6 Å². The quantitative estimate of drug-likeness (QED) is 0.605. The van der Waals surface area contributed by atoms with Gasteiger partial charge in [0.25, 0.3) is 5.91 Å². The van der Waals surface area contributed by atoms with E-state index in [2.05, 4.69) is 52.3 Å². The Morgan fingerprint density at radius 2 is 1.61 bits per heavy atom. The molecule has 3 aromatic rings. The maximum Gasteiger partial charge on any atom is 0.253 e. The fourth-order valence-electron chi connectivity index (χ4n) is 4.88. The number of hydrogen-bond donors (Lipinski definition) is 0. The van der Waals surface area contributed by atoms with Crippen LogP contribution in [0.3, 0.4) is 0 Å². The first kappa shape index (κ1) is 20.5. The predicted octanol–water partition coefficient (Wildman–Crippen LogP) is 4.53. The number of rotatable bonds is 4. The van der Waals surface area contributed by atoms with E-state index >= 15 is 0 Å². The molecule has 0 radical (unpaired) electrons. The van der Waals surface area contributed by atoms with Crippen molar-refractivity contribution in [2.24, 2.45) is 0 Å². The summed E-state index contributed by atoms with van der Waals surface area (Å²) in [6.45, 7) is 6.96. The Morgan fingerprint density at radius 1 is 0.871 bits per heavy atom. The molecule has 31 heavy (non-hydrogen) atoms. The van der Waals surface area contributed by atoms with Gasteiger partial charge in [-0.05, 0) is 53.1 Å². The monoisotopic (exact) mass is 433 g/mol. The molecule has 1 amide bonds. The van der Waals surface area contributed by atoms with Gasteiger partial charge in [0.2, 0.25) is 0 Å². The summed E-state index contributed by atoms with van der Waals surface area (Å²) in [5, 5.41) is 3.28. The van der Waals surface area contributed by atoms with Crippen LogP contribution in [0.4, 0.5) is 0 Å². The molecule has 160 valence electrons. The average molecular weight is 434 g/mol. The van der Waals surface area contributed by atoms with Gasteiger partial charge in [0, 0.05) is 62.4 Å². The van der Waals surface area contributed by atoms with Crippen LogP contribution < -0.4 is 0 Å². The minimum absolute atomic E-state index is 0.120. The summed E-state index contributed by atoms with van der Waals surface area (Å²) < 4.78 is 0. The molecule has 1 atom stereocenters. The van der Waals surface area contributed by atoms with Crippen molar-refractivity contribution >= 4 is 28.3 Å². The molecule has 0 spiro atoms. The van der Waals surface area contributed by atoms with E-state index in [9.17, 15) is 4.79 Å². The van der Waals surface area contributed by atoms with Crippen molar-refractivity contribution < 1.29 is 4.79 Å². The highest BCUT2D eigenvalue weighted by Gasteiger charge is 2.32. The van der Waals surface area contributed by atoms with Crippen LogP contribution in [0.2, 0.25) is 5.02 Å². The molecule has 0 saturated carbocycles. The molecule has 0 aromatic heterocycles. The second-order valence-corrected chi connectivity index (χ2v) is 9.13. The van der Waals surface area contributed by atoms with E-state index < -0.39 is 0 Å². The molecule has 5 heteroatoms. The third kappa shape index (κ3) is 4.62. The summed E-state index contributed by atoms with van der Waals surface area (Å²) in [5.74, 6) is 0.120. The lowest BCUT2D eigenvalue weighted by molar-refractivity contribution is 0.0734. The standard InChI is InChI=1S/C26H28ClN3O/c27-24-9-7-22(8-10-24)26(31)30-12-11-25(19-30)29-15-13-28(14-16-29)18-20-5-6-21-3-1-2-4-23(21)17-20/h1-10,17,25H,11-16,18-19H2/t25-/m1/s1. The number of likely N-dealkylation sites (tertiary alicyclic amines) is 1. The Kier molecular flexibility index (Phi) is 5.95. The fraction of sp³-hybridized carbons (Fsp3) is 0.346. The van der Waals surface area contributed by atoms with E-state index in [-0.39, 0.29) is 5.91 Å². The first-order chi connectivity index (χ1) is 15.2. The van der Waals surface area contributed by atoms with Crippen molar-refractivity contribution in [3.8, 4) is 0 Å². The number of piperazine rings is 1. The lowest BCUT2D eigenvalue weighted by Crippen LogP contribution is -2.50. The summed E-state index contributed by atoms with van der Waals surface area (Å²) in [6, 6.07) is 23.0. The number of hydrogen-bond acceptors (Lipinski definition) is 3. The summed E-state index contributed by atoms with van der Waals surface area (Å²) in [5.41, 5.74) is 2.11. The highest BCUT2D eigenvalue weighted by molar-refractivity contribution is 6.30. The largest absolute Gasteiger partial charge is 0.337 e. The van der Waals surface area contributed by atoms with Crippen molar-refractivity contribution in [1.29, 1.82) is 0 Å². The zero-order valence-electron chi connectivity index (χ0n) is 17.7. The molecule has 2 aliphatic rings. The van der Waals surface area contributed by atoms with Crippen LogP contribution in [0.25, 0.3) is 10.8 Å². The summed E-state index contributed by atoms with van der Waals surface area (Å²) in [7, 11) is 0. The molecule has 2 aliphatic heterocycles. The Hall–Kier alpha value is -2.40. The molecule has 0 bridgehead atoms. The molecular weight excluding hydrogens is 406 g/mol. The van der Waals surface area contributed by atoms with Gasteiger partial charge in [0.15, 0.2) is 0 Å². The Morgan fingerprint density at radius 3 is 2.39 bits per heavy atom. The first-order valence-corrected chi connectivity index (χ1v) is 11.5. The van der Waals surface area contributed by atoms with Crippen LogP contribution in [0.1, 0.15) is 22.3 Å². The third-order valence-electron chi connectivity index (χ3n) is 6.69. The van der Waals surface area contributed by atoms with Gasteiger partial charge in [-0.3, -0.25) is 14.6 Å². The minimum atomic E-state index is 0.120. The van der Waals surface area contributed by atoms with E-state index in [1.165, 1.54) is 16.3 Å². The molecule has 4 nitrogen and oxygen atoms in total. The molecular formula is C26H28ClN3O. The van der Waals surface area contributed by atoms with Gasteiger partial charge in [-0.1, -0.05) is 48.0 Å². The van der Waals surface area contributed by atoms with Crippen LogP contribution in [0.5, 0.6) is 0 Å². The first-order valence-electron chi connectivity index (χ1n) is 11.1. The van der Waals surface area contributed by atoms with Crippen LogP contribution in [-0.4, -0.2) is 65.9 Å². The van der Waals surface area contributed by atoms with E-state index in [1.807, 2.05) is 17.0 Å². The van der Waals surface area contributed by atoms with E-state index in [0.717, 1.165) is 57.8 Å². The fourth-order valence-corrected chi connectivity index (χ4v) is 5.01. The highest BCUT2D eigenvalue weighted by Crippen LogP contribution is 2.22. The number of halogens is 1. The second-order valence-electron chi connectivity index (χ2n) is 8.69. The van der Waals surface area contributed by atoms with Crippen LogP contribution in [0, 0.1) is 0 Å². The molecule has 0 unspecified atom stereocenters. The molecule has 2 heterocycles. The van der Waals surface area contributed by atoms with Crippen LogP contribution in [0.15, 0.2) is 66.7 Å². The molecule has 2 saturated heterocycles. The molecule has 2 fully saturated rings. The topological polar surface area (TPSA) is 26.8 Å². The van der Waals surface area contributed by atoms with Gasteiger partial charge in [0.1, 0.15) is 0 Å². The lowest BCUT2D eigenvalue weighted by atomic mass is 10.1. The smallest absolute Gasteiger partial charge is 0.253 e. The highest BCUT2D eigenvalue weighted by atomic mass is 35.5. The van der Waals surface area contributed by atoms with Crippen molar-refractivity contribution in [3.63, 3.8) is 0 Å². The number of fused-ring (bicyclic) bond motifs is 1. The van der Waals surface area contributed by atoms with Gasteiger partial charge in [-0.2, -0.15) is 0 Å². The van der Waals surface area contributed by atoms with Crippen LogP contribution >= 0.6 is 11.6 Å². The molecule has 0 N–H and O–H groups in total. The van der Waals surface area contributed by atoms with Crippen molar-refractivity contribution in [2.75, 3.05) is 39.3 Å². The number of carbonyl (C=O) groups excluding carboxylic acids is 1. The van der Waals surface area contributed by atoms with E-state index in [1.54, 1.807) is 12.1 Å². The van der Waals surface area contributed by atoms with Crippen molar-refractivity contribution in [1.82, 2.24) is 14.7 Å². The molecule has 0 aliphatic carbocycles. The minimum Gasteiger partial charge on any atom is -0.337 e. The Balaban J connectivity index is 1.13. The number of amides is 1. The van der Waals surface area contributed by atoms with Crippen LogP contribution in [-0.2, 0) is 6.54 Å². The normalized spacial score (nSPS) is 20.4. The average Bonchev–Trinajstić information content (AvgIpc) is 3.30. The Labute approximate surface area is 189 Å². The Bertz CT molecular complexity index is 1060. The zero-order valence-corrected chi connectivity index (χ0v) is 18.5. The molecule has 3 aromatic carbocycles. The molecule has 5 rings (SSSR count). The summed E-state index contributed by atoms with van der Waals surface area (Å²) in [6.07, 6.45) is 1.06. The van der Waals surface area contributed by atoms with Crippen molar-refractivity contribution in [3.05, 3.63) is 82.9 Å². The van der Waals surface area contributed by atoms with Gasteiger partial charge in [-0.15, -0.1) is 0 Å². The maximum absolute atomic E-state index is 12.8. The zero-order chi connectivity index (χ0) is 21.2. The summed E-state index contributed by atoms with van der Waals surface area (Å²) >= 11 is 5.95. The van der Waals surface area contributed by atoms with Gasteiger partial charge in [-0.25, -0.2) is 0 Å². The summed E-state index contributed by atoms with van der Waals surface area (Å²) in [4.78, 5) is 19.9. The van der Waals surface area contributed by atoms with Gasteiger partial charge < -0.3 is 4.90 Å². The SMILES string of the molecule is O=C(c1ccc(Cl)cc1)N1CC[C@@H](N2CCN(Cc3ccc4ccccc4c3)CC2)C1. The predicted molar refractivity (Wildman–Crippen MR) is 127 cm³/mol. The van der Waals surface area contributed by atoms with Gasteiger partial charge >= 0.3 is 0 Å².